The van der Waals surface area contributed by atoms with Crippen LogP contribution in [-0.4, -0.2) is 40.8 Å². The highest BCUT2D eigenvalue weighted by molar-refractivity contribution is 5.96. The van der Waals surface area contributed by atoms with Gasteiger partial charge in [0, 0.05) is 48.8 Å². The maximum atomic E-state index is 12.5. The molecule has 27 heavy (non-hydrogen) atoms. The summed E-state index contributed by atoms with van der Waals surface area (Å²) < 4.78 is 5.42. The van der Waals surface area contributed by atoms with Gasteiger partial charge in [-0.25, -0.2) is 0 Å². The maximum absolute atomic E-state index is 12.5. The monoisotopic (exact) mass is 363 g/mol. The van der Waals surface area contributed by atoms with E-state index < -0.39 is 0 Å². The van der Waals surface area contributed by atoms with Crippen LogP contribution < -0.4 is 5.32 Å². The molecule has 1 N–H and O–H groups in total. The number of nitrogens with zero attached hydrogens (tertiary/aromatic N) is 2. The minimum Gasteiger partial charge on any atom is -0.464 e. The highest BCUT2D eigenvalue weighted by Crippen LogP contribution is 2.27. The number of amides is 2. The molecule has 1 aliphatic rings. The molecule has 0 unspecified atom stereocenters. The Balaban J connectivity index is 1.44. The Labute approximate surface area is 157 Å². The zero-order chi connectivity index (χ0) is 18.8. The molecule has 6 heteroatoms. The third-order valence-corrected chi connectivity index (χ3v) is 5.08. The molecule has 0 aliphatic carbocycles. The van der Waals surface area contributed by atoms with E-state index in [1.165, 1.54) is 0 Å². The Hall–Kier alpha value is -3.15. The van der Waals surface area contributed by atoms with Gasteiger partial charge in [-0.1, -0.05) is 12.1 Å². The lowest BCUT2D eigenvalue weighted by Gasteiger charge is -2.31. The minimum atomic E-state index is -0.0858. The molecule has 1 aromatic carbocycles. The van der Waals surface area contributed by atoms with Crippen molar-refractivity contribution in [3.8, 4) is 11.3 Å². The van der Waals surface area contributed by atoms with Gasteiger partial charge in [-0.3, -0.25) is 14.6 Å². The summed E-state index contributed by atoms with van der Waals surface area (Å²) in [6.07, 6.45) is 4.94. The number of carbonyl (C=O) groups excluding carboxylic acids is 2. The molecule has 0 saturated carbocycles. The summed E-state index contributed by atoms with van der Waals surface area (Å²) in [6.45, 7) is 2.97. The molecule has 1 saturated heterocycles. The van der Waals surface area contributed by atoms with Crippen molar-refractivity contribution < 1.29 is 14.0 Å². The molecule has 0 atom stereocenters. The number of fused-ring (bicyclic) bond motifs is 1. The Morgan fingerprint density at radius 3 is 2.56 bits per heavy atom. The van der Waals surface area contributed by atoms with E-state index in [1.54, 1.807) is 19.4 Å². The SMILES string of the molecule is CC(=O)N1CCC(NC(=O)c2ccc(-c3nccc4occc34)cc2)CC1. The Morgan fingerprint density at radius 1 is 1.11 bits per heavy atom. The van der Waals surface area contributed by atoms with Crippen LogP contribution in [0.25, 0.3) is 22.2 Å². The van der Waals surface area contributed by atoms with E-state index in [2.05, 4.69) is 10.3 Å². The number of pyridine rings is 1. The van der Waals surface area contributed by atoms with Crippen LogP contribution in [-0.2, 0) is 4.79 Å². The summed E-state index contributed by atoms with van der Waals surface area (Å²) in [6, 6.07) is 11.3. The molecule has 6 nitrogen and oxygen atoms in total. The van der Waals surface area contributed by atoms with Gasteiger partial charge in [-0.2, -0.15) is 0 Å². The van der Waals surface area contributed by atoms with Gasteiger partial charge in [0.1, 0.15) is 5.58 Å². The summed E-state index contributed by atoms with van der Waals surface area (Å²) >= 11 is 0. The number of carbonyl (C=O) groups is 2. The lowest BCUT2D eigenvalue weighted by atomic mass is 10.0. The van der Waals surface area contributed by atoms with Crippen LogP contribution in [0.5, 0.6) is 0 Å². The van der Waals surface area contributed by atoms with Crippen LogP contribution in [0, 0.1) is 0 Å². The van der Waals surface area contributed by atoms with Crippen LogP contribution in [0.3, 0.4) is 0 Å². The number of aromatic nitrogens is 1. The van der Waals surface area contributed by atoms with Crippen LogP contribution in [0.15, 0.2) is 53.3 Å². The summed E-state index contributed by atoms with van der Waals surface area (Å²) in [7, 11) is 0. The van der Waals surface area contributed by atoms with Crippen LogP contribution >= 0.6 is 0 Å². The van der Waals surface area contributed by atoms with E-state index in [9.17, 15) is 9.59 Å². The average molecular weight is 363 g/mol. The largest absolute Gasteiger partial charge is 0.464 e. The number of hydrogen-bond donors (Lipinski definition) is 1. The molecule has 138 valence electrons. The molecule has 1 aliphatic heterocycles. The Morgan fingerprint density at radius 2 is 1.85 bits per heavy atom. The summed E-state index contributed by atoms with van der Waals surface area (Å²) in [5, 5.41) is 4.02. The molecule has 2 aromatic heterocycles. The molecular weight excluding hydrogens is 342 g/mol. The van der Waals surface area contributed by atoms with E-state index in [0.29, 0.717) is 18.7 Å². The summed E-state index contributed by atoms with van der Waals surface area (Å²) in [5.74, 6) is 0.00826. The molecule has 3 heterocycles. The normalized spacial score (nSPS) is 15.1. The second-order valence-electron chi connectivity index (χ2n) is 6.82. The molecule has 0 bridgehead atoms. The fraction of sp³-hybridized carbons (Fsp3) is 0.286. The number of benzene rings is 1. The van der Waals surface area contributed by atoms with E-state index >= 15 is 0 Å². The topological polar surface area (TPSA) is 75.4 Å². The zero-order valence-corrected chi connectivity index (χ0v) is 15.1. The molecular formula is C21H21N3O3. The third-order valence-electron chi connectivity index (χ3n) is 5.08. The van der Waals surface area contributed by atoms with Gasteiger partial charge in [0.15, 0.2) is 0 Å². The van der Waals surface area contributed by atoms with Gasteiger partial charge in [0.25, 0.3) is 5.91 Å². The Bertz CT molecular complexity index is 970. The zero-order valence-electron chi connectivity index (χ0n) is 15.1. The van der Waals surface area contributed by atoms with Gasteiger partial charge in [-0.15, -0.1) is 0 Å². The second-order valence-corrected chi connectivity index (χ2v) is 6.82. The van der Waals surface area contributed by atoms with E-state index in [4.69, 9.17) is 4.42 Å². The van der Waals surface area contributed by atoms with Crippen molar-refractivity contribution in [2.45, 2.75) is 25.8 Å². The number of hydrogen-bond acceptors (Lipinski definition) is 4. The summed E-state index contributed by atoms with van der Waals surface area (Å²) in [5.41, 5.74) is 3.18. The molecule has 4 rings (SSSR count). The molecule has 0 radical (unpaired) electrons. The van der Waals surface area contributed by atoms with Crippen molar-refractivity contribution in [2.24, 2.45) is 0 Å². The summed E-state index contributed by atoms with van der Waals surface area (Å²) in [4.78, 5) is 30.2. The van der Waals surface area contributed by atoms with Crippen molar-refractivity contribution >= 4 is 22.8 Å². The van der Waals surface area contributed by atoms with Crippen molar-refractivity contribution in [1.29, 1.82) is 0 Å². The first-order valence-electron chi connectivity index (χ1n) is 9.11. The predicted molar refractivity (Wildman–Crippen MR) is 102 cm³/mol. The second kappa shape index (κ2) is 7.23. The number of furan rings is 1. The molecule has 2 amide bonds. The van der Waals surface area contributed by atoms with E-state index in [0.717, 1.165) is 35.1 Å². The van der Waals surface area contributed by atoms with Crippen LogP contribution in [0.4, 0.5) is 0 Å². The third kappa shape index (κ3) is 3.56. The highest BCUT2D eigenvalue weighted by atomic mass is 16.3. The number of likely N-dealkylation sites (tertiary alicyclic amines) is 1. The minimum absolute atomic E-state index is 0.0858. The van der Waals surface area contributed by atoms with Crippen molar-refractivity contribution in [2.75, 3.05) is 13.1 Å². The smallest absolute Gasteiger partial charge is 0.251 e. The van der Waals surface area contributed by atoms with E-state index in [-0.39, 0.29) is 17.9 Å². The highest BCUT2D eigenvalue weighted by Gasteiger charge is 2.22. The van der Waals surface area contributed by atoms with Crippen LogP contribution in [0.2, 0.25) is 0 Å². The quantitative estimate of drug-likeness (QED) is 0.775. The van der Waals surface area contributed by atoms with E-state index in [1.807, 2.05) is 41.3 Å². The van der Waals surface area contributed by atoms with Crippen molar-refractivity contribution in [3.05, 3.63) is 54.4 Å². The first kappa shape index (κ1) is 17.3. The van der Waals surface area contributed by atoms with Gasteiger partial charge in [0.2, 0.25) is 5.91 Å². The lowest BCUT2D eigenvalue weighted by Crippen LogP contribution is -2.45. The first-order valence-corrected chi connectivity index (χ1v) is 9.11. The van der Waals surface area contributed by atoms with Crippen molar-refractivity contribution in [3.63, 3.8) is 0 Å². The average Bonchev–Trinajstić information content (AvgIpc) is 3.17. The first-order chi connectivity index (χ1) is 13.1. The van der Waals surface area contributed by atoms with Gasteiger partial charge in [-0.05, 0) is 37.1 Å². The molecule has 0 spiro atoms. The Kier molecular flexibility index (Phi) is 4.62. The number of piperidine rings is 1. The fourth-order valence-corrected chi connectivity index (χ4v) is 3.51. The lowest BCUT2D eigenvalue weighted by molar-refractivity contribution is -0.129. The van der Waals surface area contributed by atoms with Crippen molar-refractivity contribution in [1.82, 2.24) is 15.2 Å². The van der Waals surface area contributed by atoms with Gasteiger partial charge >= 0.3 is 0 Å². The predicted octanol–water partition coefficient (Wildman–Crippen LogP) is 3.24. The fourth-order valence-electron chi connectivity index (χ4n) is 3.51. The standard InChI is InChI=1S/C21H21N3O3/c1-14(25)24-11-7-17(8-12-24)23-21(26)16-4-2-15(3-5-16)20-18-9-13-27-19(18)6-10-22-20/h2-6,9-10,13,17H,7-8,11-12H2,1H3,(H,23,26). The number of nitrogens with one attached hydrogen (secondary N) is 1. The molecule has 3 aromatic rings. The number of rotatable bonds is 3. The maximum Gasteiger partial charge on any atom is 0.251 e. The van der Waals surface area contributed by atoms with Gasteiger partial charge in [0.05, 0.1) is 12.0 Å². The van der Waals surface area contributed by atoms with Crippen LogP contribution in [0.1, 0.15) is 30.1 Å². The van der Waals surface area contributed by atoms with Gasteiger partial charge < -0.3 is 14.6 Å². The molecule has 1 fully saturated rings.